The second-order valence-corrected chi connectivity index (χ2v) is 4.96. The fourth-order valence-corrected chi connectivity index (χ4v) is 2.61. The van der Waals surface area contributed by atoms with Crippen LogP contribution in [0.1, 0.15) is 12.5 Å². The van der Waals surface area contributed by atoms with Gasteiger partial charge in [0.1, 0.15) is 6.04 Å². The second-order valence-electron chi connectivity index (χ2n) is 4.18. The molecule has 1 aliphatic rings. The van der Waals surface area contributed by atoms with Gasteiger partial charge in [0, 0.05) is 13.1 Å². The van der Waals surface area contributed by atoms with Crippen LogP contribution in [0.25, 0.3) is 0 Å². The Hall–Kier alpha value is -0.620. The highest BCUT2D eigenvalue weighted by Crippen LogP contribution is 2.06. The number of amides is 1. The standard InChI is InChI=1S/C12H18N2O2S.ClH/c1-9-11(13-5-6-16-9)12(15)14-4-2-10-3-7-17-8-10;/h3,7-9,11,13H,2,4-6H2,1H3,(H,14,15);1H/t9-,11+;/m1./s1. The summed E-state index contributed by atoms with van der Waals surface area (Å²) in [4.78, 5) is 11.9. The van der Waals surface area contributed by atoms with Gasteiger partial charge in [-0.15, -0.1) is 12.4 Å². The summed E-state index contributed by atoms with van der Waals surface area (Å²) in [5.41, 5.74) is 1.27. The molecule has 0 aliphatic carbocycles. The van der Waals surface area contributed by atoms with Gasteiger partial charge in [-0.05, 0) is 35.7 Å². The number of hydrogen-bond acceptors (Lipinski definition) is 4. The van der Waals surface area contributed by atoms with E-state index in [1.807, 2.05) is 6.92 Å². The smallest absolute Gasteiger partial charge is 0.239 e. The number of ether oxygens (including phenoxy) is 1. The van der Waals surface area contributed by atoms with Crippen LogP contribution in [0.15, 0.2) is 16.8 Å². The molecule has 1 fully saturated rings. The summed E-state index contributed by atoms with van der Waals surface area (Å²) in [7, 11) is 0. The van der Waals surface area contributed by atoms with Gasteiger partial charge in [0.2, 0.25) is 5.91 Å². The van der Waals surface area contributed by atoms with Crippen molar-refractivity contribution in [3.8, 4) is 0 Å². The lowest BCUT2D eigenvalue weighted by Crippen LogP contribution is -2.55. The van der Waals surface area contributed by atoms with Crippen LogP contribution in [0.4, 0.5) is 0 Å². The Balaban J connectivity index is 0.00000162. The lowest BCUT2D eigenvalue weighted by molar-refractivity contribution is -0.128. The molecule has 2 rings (SSSR count). The molecule has 0 bridgehead atoms. The van der Waals surface area contributed by atoms with Gasteiger partial charge in [-0.2, -0.15) is 11.3 Å². The Morgan fingerprint density at radius 3 is 3.17 bits per heavy atom. The first kappa shape index (κ1) is 15.4. The van der Waals surface area contributed by atoms with E-state index in [0.29, 0.717) is 13.2 Å². The van der Waals surface area contributed by atoms with Crippen LogP contribution in [-0.2, 0) is 16.0 Å². The predicted molar refractivity (Wildman–Crippen MR) is 75.5 cm³/mol. The van der Waals surface area contributed by atoms with Gasteiger partial charge in [0.05, 0.1) is 12.7 Å². The number of morpholine rings is 1. The van der Waals surface area contributed by atoms with Crippen molar-refractivity contribution >= 4 is 29.7 Å². The topological polar surface area (TPSA) is 50.4 Å². The van der Waals surface area contributed by atoms with Crippen LogP contribution in [0, 0.1) is 0 Å². The third-order valence-electron chi connectivity index (χ3n) is 2.89. The SMILES string of the molecule is C[C@H]1OCCN[C@@H]1C(=O)NCCc1ccsc1.Cl. The highest BCUT2D eigenvalue weighted by molar-refractivity contribution is 7.07. The number of halogens is 1. The van der Waals surface area contributed by atoms with Crippen LogP contribution in [0.3, 0.4) is 0 Å². The molecule has 1 aromatic rings. The zero-order valence-electron chi connectivity index (χ0n) is 10.3. The fraction of sp³-hybridized carbons (Fsp3) is 0.583. The van der Waals surface area contributed by atoms with Crippen molar-refractivity contribution in [1.82, 2.24) is 10.6 Å². The van der Waals surface area contributed by atoms with Crippen LogP contribution in [0.5, 0.6) is 0 Å². The highest BCUT2D eigenvalue weighted by Gasteiger charge is 2.27. The summed E-state index contributed by atoms with van der Waals surface area (Å²) in [6.45, 7) is 4.03. The maximum atomic E-state index is 11.9. The van der Waals surface area contributed by atoms with Crippen molar-refractivity contribution in [3.05, 3.63) is 22.4 Å². The van der Waals surface area contributed by atoms with E-state index >= 15 is 0 Å². The molecule has 0 radical (unpaired) electrons. The number of nitrogens with one attached hydrogen (secondary N) is 2. The van der Waals surface area contributed by atoms with E-state index in [1.54, 1.807) is 11.3 Å². The Morgan fingerprint density at radius 1 is 1.67 bits per heavy atom. The minimum absolute atomic E-state index is 0. The maximum Gasteiger partial charge on any atom is 0.239 e. The van der Waals surface area contributed by atoms with Crippen LogP contribution < -0.4 is 10.6 Å². The van der Waals surface area contributed by atoms with Gasteiger partial charge >= 0.3 is 0 Å². The Morgan fingerprint density at radius 2 is 2.50 bits per heavy atom. The molecule has 1 amide bonds. The molecule has 0 aromatic carbocycles. The molecule has 0 spiro atoms. The minimum atomic E-state index is -0.216. The quantitative estimate of drug-likeness (QED) is 0.876. The highest BCUT2D eigenvalue weighted by atomic mass is 35.5. The molecule has 1 aliphatic heterocycles. The molecule has 1 saturated heterocycles. The average molecular weight is 291 g/mol. The Kier molecular flexibility index (Phi) is 6.63. The van der Waals surface area contributed by atoms with E-state index in [9.17, 15) is 4.79 Å². The molecule has 6 heteroatoms. The third kappa shape index (κ3) is 4.24. The number of carbonyl (C=O) groups excluding carboxylic acids is 1. The summed E-state index contributed by atoms with van der Waals surface area (Å²) >= 11 is 1.68. The van der Waals surface area contributed by atoms with Gasteiger partial charge in [0.15, 0.2) is 0 Å². The summed E-state index contributed by atoms with van der Waals surface area (Å²) in [6, 6.07) is 1.87. The number of carbonyl (C=O) groups is 1. The van der Waals surface area contributed by atoms with Crippen molar-refractivity contribution in [2.24, 2.45) is 0 Å². The van der Waals surface area contributed by atoms with Gasteiger partial charge in [-0.1, -0.05) is 0 Å². The molecule has 18 heavy (non-hydrogen) atoms. The Labute approximate surface area is 118 Å². The molecule has 4 nitrogen and oxygen atoms in total. The van der Waals surface area contributed by atoms with Crippen molar-refractivity contribution in [2.75, 3.05) is 19.7 Å². The van der Waals surface area contributed by atoms with Crippen molar-refractivity contribution < 1.29 is 9.53 Å². The number of thiophene rings is 1. The fourth-order valence-electron chi connectivity index (χ4n) is 1.90. The van der Waals surface area contributed by atoms with E-state index in [4.69, 9.17) is 4.74 Å². The van der Waals surface area contributed by atoms with E-state index in [1.165, 1.54) is 5.56 Å². The van der Waals surface area contributed by atoms with Gasteiger partial charge < -0.3 is 15.4 Å². The van der Waals surface area contributed by atoms with Crippen molar-refractivity contribution in [1.29, 1.82) is 0 Å². The minimum Gasteiger partial charge on any atom is -0.375 e. The molecule has 0 saturated carbocycles. The number of hydrogen-bond donors (Lipinski definition) is 2. The number of rotatable bonds is 4. The van der Waals surface area contributed by atoms with E-state index < -0.39 is 0 Å². The maximum absolute atomic E-state index is 11.9. The van der Waals surface area contributed by atoms with Crippen LogP contribution >= 0.6 is 23.7 Å². The molecular weight excluding hydrogens is 272 g/mol. The van der Waals surface area contributed by atoms with Gasteiger partial charge in [-0.25, -0.2) is 0 Å². The molecular formula is C12H19ClN2O2S. The zero-order valence-corrected chi connectivity index (χ0v) is 12.0. The normalized spacial score (nSPS) is 23.2. The summed E-state index contributed by atoms with van der Waals surface area (Å²) < 4.78 is 5.44. The largest absolute Gasteiger partial charge is 0.375 e. The molecule has 1 aromatic heterocycles. The molecule has 2 heterocycles. The van der Waals surface area contributed by atoms with Crippen LogP contribution in [0.2, 0.25) is 0 Å². The lowest BCUT2D eigenvalue weighted by Gasteiger charge is -2.29. The first-order chi connectivity index (χ1) is 8.27. The van der Waals surface area contributed by atoms with Crippen molar-refractivity contribution in [3.63, 3.8) is 0 Å². The molecule has 2 N–H and O–H groups in total. The summed E-state index contributed by atoms with van der Waals surface area (Å²) in [6.07, 6.45) is 0.835. The second kappa shape index (κ2) is 7.74. The zero-order chi connectivity index (χ0) is 12.1. The molecule has 2 atom stereocenters. The van der Waals surface area contributed by atoms with E-state index in [0.717, 1.165) is 13.0 Å². The van der Waals surface area contributed by atoms with E-state index in [2.05, 4.69) is 27.5 Å². The monoisotopic (exact) mass is 290 g/mol. The van der Waals surface area contributed by atoms with Crippen LogP contribution in [-0.4, -0.2) is 37.7 Å². The summed E-state index contributed by atoms with van der Waals surface area (Å²) in [5, 5.41) is 10.3. The Bertz CT molecular complexity index is 359. The first-order valence-corrected chi connectivity index (χ1v) is 6.85. The summed E-state index contributed by atoms with van der Waals surface area (Å²) in [5.74, 6) is 0.0347. The lowest BCUT2D eigenvalue weighted by atomic mass is 10.1. The van der Waals surface area contributed by atoms with E-state index in [-0.39, 0.29) is 30.5 Å². The molecule has 102 valence electrons. The third-order valence-corrected chi connectivity index (χ3v) is 3.62. The average Bonchev–Trinajstić information content (AvgIpc) is 2.82. The van der Waals surface area contributed by atoms with Gasteiger partial charge in [-0.3, -0.25) is 4.79 Å². The first-order valence-electron chi connectivity index (χ1n) is 5.91. The van der Waals surface area contributed by atoms with Crippen molar-refractivity contribution in [2.45, 2.75) is 25.5 Å². The predicted octanol–water partition coefficient (Wildman–Crippen LogP) is 1.21. The molecule has 0 unspecified atom stereocenters. The van der Waals surface area contributed by atoms with Gasteiger partial charge in [0.25, 0.3) is 0 Å².